The molecule has 0 fully saturated rings. The molecular formula is C17H21ClNO3P. The quantitative estimate of drug-likeness (QED) is 0.605. The van der Waals surface area contributed by atoms with Crippen LogP contribution in [0.4, 0.5) is 5.69 Å². The molecule has 0 aliphatic rings. The Hall–Kier alpha value is -1.32. The van der Waals surface area contributed by atoms with Crippen molar-refractivity contribution in [1.29, 1.82) is 0 Å². The second-order valence-corrected chi connectivity index (χ2v) is 7.35. The molecule has 2 aromatic rings. The van der Waals surface area contributed by atoms with Gasteiger partial charge in [-0.15, -0.1) is 0 Å². The van der Waals surface area contributed by atoms with Crippen molar-refractivity contribution in [3.8, 4) is 11.1 Å². The van der Waals surface area contributed by atoms with Crippen molar-refractivity contribution < 1.29 is 13.6 Å². The predicted molar refractivity (Wildman–Crippen MR) is 96.1 cm³/mol. The van der Waals surface area contributed by atoms with Crippen LogP contribution in [0, 0.1) is 0 Å². The largest absolute Gasteiger partial charge is 0.435 e. The maximum atomic E-state index is 13.0. The van der Waals surface area contributed by atoms with E-state index in [-0.39, 0.29) is 0 Å². The smallest absolute Gasteiger partial charge is 0.292 e. The summed E-state index contributed by atoms with van der Waals surface area (Å²) in [7, 11) is -1.73. The predicted octanol–water partition coefficient (Wildman–Crippen LogP) is 5.62. The van der Waals surface area contributed by atoms with E-state index in [1.54, 1.807) is 31.6 Å². The number of nitrogens with zero attached hydrogens (tertiary/aromatic N) is 1. The summed E-state index contributed by atoms with van der Waals surface area (Å²) in [6, 6.07) is 15.3. The molecule has 0 amide bonds. The molecule has 0 saturated carbocycles. The van der Waals surface area contributed by atoms with E-state index in [1.807, 2.05) is 42.5 Å². The molecule has 0 bridgehead atoms. The van der Waals surface area contributed by atoms with Gasteiger partial charge in [-0.3, -0.25) is 13.7 Å². The zero-order valence-electron chi connectivity index (χ0n) is 13.5. The molecule has 0 aromatic heterocycles. The van der Waals surface area contributed by atoms with Gasteiger partial charge in [-0.1, -0.05) is 48.0 Å². The van der Waals surface area contributed by atoms with Crippen LogP contribution >= 0.6 is 19.3 Å². The molecule has 2 aromatic carbocycles. The molecule has 6 heteroatoms. The summed E-state index contributed by atoms with van der Waals surface area (Å²) >= 11 is 6.15. The van der Waals surface area contributed by atoms with Gasteiger partial charge in [0.15, 0.2) is 0 Å². The van der Waals surface area contributed by atoms with Gasteiger partial charge in [0.2, 0.25) is 0 Å². The van der Waals surface area contributed by atoms with Gasteiger partial charge in [0.25, 0.3) is 0 Å². The van der Waals surface area contributed by atoms with Crippen LogP contribution in [-0.2, 0) is 13.6 Å². The minimum Gasteiger partial charge on any atom is -0.292 e. The van der Waals surface area contributed by atoms with Crippen molar-refractivity contribution in [1.82, 2.24) is 0 Å². The van der Waals surface area contributed by atoms with Crippen LogP contribution in [0.5, 0.6) is 0 Å². The third-order valence-corrected chi connectivity index (χ3v) is 5.70. The molecule has 0 unspecified atom stereocenters. The molecule has 0 heterocycles. The fourth-order valence-corrected chi connectivity index (χ4v) is 3.97. The van der Waals surface area contributed by atoms with Crippen LogP contribution in [0.1, 0.15) is 13.8 Å². The highest BCUT2D eigenvalue weighted by molar-refractivity contribution is 7.55. The number of halogens is 1. The van der Waals surface area contributed by atoms with Gasteiger partial charge in [-0.05, 0) is 31.5 Å². The van der Waals surface area contributed by atoms with E-state index in [9.17, 15) is 4.57 Å². The summed E-state index contributed by atoms with van der Waals surface area (Å²) in [6.07, 6.45) is 0. The molecule has 0 radical (unpaired) electrons. The van der Waals surface area contributed by atoms with Crippen LogP contribution < -0.4 is 4.67 Å². The SMILES string of the molecule is CCOP(=O)(OCC)N(C)c1cc(Cl)ccc1-c1ccccc1. The van der Waals surface area contributed by atoms with Gasteiger partial charge in [0.1, 0.15) is 0 Å². The van der Waals surface area contributed by atoms with E-state index in [4.69, 9.17) is 20.6 Å². The van der Waals surface area contributed by atoms with Gasteiger partial charge < -0.3 is 0 Å². The third-order valence-electron chi connectivity index (χ3n) is 3.35. The first-order valence-corrected chi connectivity index (χ1v) is 9.37. The molecule has 0 aliphatic heterocycles. The Bertz CT molecular complexity index is 683. The molecule has 4 nitrogen and oxygen atoms in total. The zero-order valence-corrected chi connectivity index (χ0v) is 15.2. The molecule has 2 rings (SSSR count). The third kappa shape index (κ3) is 4.15. The highest BCUT2D eigenvalue weighted by Crippen LogP contribution is 2.54. The zero-order chi connectivity index (χ0) is 16.9. The van der Waals surface area contributed by atoms with Crippen LogP contribution in [0.3, 0.4) is 0 Å². The standard InChI is InChI=1S/C17H21ClNO3P/c1-4-21-23(20,22-5-2)19(3)17-13-15(18)11-12-16(17)14-9-7-6-8-10-14/h6-13H,4-5H2,1-3H3. The van der Waals surface area contributed by atoms with Gasteiger partial charge in [-0.2, -0.15) is 0 Å². The summed E-state index contributed by atoms with van der Waals surface area (Å²) in [5.74, 6) is 0. The first-order chi connectivity index (χ1) is 11.0. The second kappa shape index (κ2) is 7.98. The average molecular weight is 354 g/mol. The van der Waals surface area contributed by atoms with Gasteiger partial charge >= 0.3 is 7.75 Å². The Balaban J connectivity index is 2.53. The summed E-state index contributed by atoms with van der Waals surface area (Å²) < 4.78 is 25.5. The summed E-state index contributed by atoms with van der Waals surface area (Å²) in [5, 5.41) is 0.561. The van der Waals surface area contributed by atoms with Gasteiger partial charge in [0.05, 0.1) is 18.9 Å². The van der Waals surface area contributed by atoms with Crippen LogP contribution in [-0.4, -0.2) is 20.3 Å². The maximum absolute atomic E-state index is 13.0. The fourth-order valence-electron chi connectivity index (χ4n) is 2.30. The molecule has 0 aliphatic carbocycles. The monoisotopic (exact) mass is 353 g/mol. The Kier molecular flexibility index (Phi) is 6.25. The van der Waals surface area contributed by atoms with E-state index >= 15 is 0 Å². The molecule has 0 N–H and O–H groups in total. The van der Waals surface area contributed by atoms with E-state index in [1.165, 1.54) is 0 Å². The van der Waals surface area contributed by atoms with Crippen molar-refractivity contribution in [2.75, 3.05) is 24.9 Å². The van der Waals surface area contributed by atoms with E-state index < -0.39 is 7.75 Å². The minimum atomic E-state index is -3.42. The lowest BCUT2D eigenvalue weighted by Gasteiger charge is -2.29. The first kappa shape index (κ1) is 18.0. The highest BCUT2D eigenvalue weighted by atomic mass is 35.5. The minimum absolute atomic E-state index is 0.294. The Morgan fingerprint density at radius 3 is 2.22 bits per heavy atom. The Morgan fingerprint density at radius 1 is 1.04 bits per heavy atom. The van der Waals surface area contributed by atoms with E-state index in [0.717, 1.165) is 11.1 Å². The lowest BCUT2D eigenvalue weighted by Crippen LogP contribution is -2.18. The molecular weight excluding hydrogens is 333 g/mol. The number of anilines is 1. The summed E-state index contributed by atoms with van der Waals surface area (Å²) in [5.41, 5.74) is 2.62. The van der Waals surface area contributed by atoms with Crippen molar-refractivity contribution in [3.05, 3.63) is 53.6 Å². The first-order valence-electron chi connectivity index (χ1n) is 7.50. The maximum Gasteiger partial charge on any atom is 0.435 e. The highest BCUT2D eigenvalue weighted by Gasteiger charge is 2.32. The number of benzene rings is 2. The molecule has 23 heavy (non-hydrogen) atoms. The van der Waals surface area contributed by atoms with Crippen molar-refractivity contribution in [3.63, 3.8) is 0 Å². The fraction of sp³-hybridized carbons (Fsp3) is 0.294. The van der Waals surface area contributed by atoms with E-state index in [0.29, 0.717) is 23.9 Å². The summed E-state index contributed by atoms with van der Waals surface area (Å²) in [4.78, 5) is 0. The summed E-state index contributed by atoms with van der Waals surface area (Å²) in [6.45, 7) is 4.16. The van der Waals surface area contributed by atoms with Crippen LogP contribution in [0.2, 0.25) is 5.02 Å². The molecule has 124 valence electrons. The number of rotatable bonds is 7. The van der Waals surface area contributed by atoms with Gasteiger partial charge in [0, 0.05) is 17.6 Å². The van der Waals surface area contributed by atoms with Gasteiger partial charge in [-0.25, -0.2) is 4.57 Å². The lowest BCUT2D eigenvalue weighted by molar-refractivity contribution is 0.219. The molecule has 0 atom stereocenters. The topological polar surface area (TPSA) is 38.8 Å². The normalized spacial score (nSPS) is 11.5. The molecule has 0 saturated heterocycles. The van der Waals surface area contributed by atoms with Crippen molar-refractivity contribution >= 4 is 25.0 Å². The Labute approximate surface area is 142 Å². The lowest BCUT2D eigenvalue weighted by atomic mass is 10.0. The van der Waals surface area contributed by atoms with Crippen molar-refractivity contribution in [2.45, 2.75) is 13.8 Å². The number of hydrogen-bond donors (Lipinski definition) is 0. The van der Waals surface area contributed by atoms with E-state index in [2.05, 4.69) is 0 Å². The number of hydrogen-bond acceptors (Lipinski definition) is 3. The molecule has 0 spiro atoms. The Morgan fingerprint density at radius 2 is 1.65 bits per heavy atom. The van der Waals surface area contributed by atoms with Crippen LogP contribution in [0.25, 0.3) is 11.1 Å². The average Bonchev–Trinajstić information content (AvgIpc) is 2.55. The van der Waals surface area contributed by atoms with Crippen LogP contribution in [0.15, 0.2) is 48.5 Å². The second-order valence-electron chi connectivity index (χ2n) is 4.86. The van der Waals surface area contributed by atoms with Crippen molar-refractivity contribution in [2.24, 2.45) is 0 Å².